The normalized spacial score (nSPS) is 25.9. The average Bonchev–Trinajstić information content (AvgIpc) is 2.71. The van der Waals surface area contributed by atoms with Gasteiger partial charge in [0.05, 0.1) is 18.1 Å². The summed E-state index contributed by atoms with van der Waals surface area (Å²) in [6.45, 7) is 5.78. The van der Waals surface area contributed by atoms with Crippen LogP contribution in [-0.2, 0) is 6.54 Å². The van der Waals surface area contributed by atoms with Crippen molar-refractivity contribution in [3.05, 3.63) is 23.2 Å². The molecular formula is C13H19ClN4. The summed E-state index contributed by atoms with van der Waals surface area (Å²) >= 11 is 5.76. The molecule has 0 spiro atoms. The highest BCUT2D eigenvalue weighted by atomic mass is 35.5. The van der Waals surface area contributed by atoms with Gasteiger partial charge in [0.2, 0.25) is 0 Å². The number of rotatable bonds is 2. The van der Waals surface area contributed by atoms with Crippen molar-refractivity contribution in [2.45, 2.75) is 31.8 Å². The van der Waals surface area contributed by atoms with Gasteiger partial charge in [-0.25, -0.2) is 4.98 Å². The second-order valence-corrected chi connectivity index (χ2v) is 5.64. The van der Waals surface area contributed by atoms with Gasteiger partial charge in [-0.05, 0) is 38.9 Å². The smallest absolute Gasteiger partial charge is 0.147 e. The van der Waals surface area contributed by atoms with E-state index in [1.807, 2.05) is 0 Å². The zero-order chi connectivity index (χ0) is 12.4. The van der Waals surface area contributed by atoms with Crippen molar-refractivity contribution in [1.82, 2.24) is 19.8 Å². The molecule has 0 saturated carbocycles. The quantitative estimate of drug-likeness (QED) is 0.817. The van der Waals surface area contributed by atoms with Crippen LogP contribution in [0.2, 0.25) is 5.15 Å². The van der Waals surface area contributed by atoms with Crippen LogP contribution in [0.3, 0.4) is 0 Å². The number of nitrogens with zero attached hydrogens (tertiary/aromatic N) is 4. The van der Waals surface area contributed by atoms with Gasteiger partial charge in [0.1, 0.15) is 5.15 Å². The summed E-state index contributed by atoms with van der Waals surface area (Å²) in [5.74, 6) is 0. The summed E-state index contributed by atoms with van der Waals surface area (Å²) in [5.41, 5.74) is 1.02. The Morgan fingerprint density at radius 1 is 1.17 bits per heavy atom. The van der Waals surface area contributed by atoms with E-state index in [1.165, 1.54) is 38.9 Å². The van der Waals surface area contributed by atoms with Crippen molar-refractivity contribution in [3.8, 4) is 0 Å². The molecule has 4 nitrogen and oxygen atoms in total. The fourth-order valence-corrected chi connectivity index (χ4v) is 3.17. The van der Waals surface area contributed by atoms with E-state index in [2.05, 4.69) is 19.8 Å². The lowest BCUT2D eigenvalue weighted by molar-refractivity contribution is 0.214. The van der Waals surface area contributed by atoms with Crippen LogP contribution in [0.1, 0.15) is 25.0 Å². The number of hydrogen-bond donors (Lipinski definition) is 0. The van der Waals surface area contributed by atoms with E-state index in [-0.39, 0.29) is 0 Å². The largest absolute Gasteiger partial charge is 0.299 e. The molecule has 1 atom stereocenters. The minimum absolute atomic E-state index is 0.469. The molecule has 2 fully saturated rings. The summed E-state index contributed by atoms with van der Waals surface area (Å²) in [4.78, 5) is 13.6. The SMILES string of the molecule is Clc1cnc(CN2CCCN3CCCC3C2)cn1. The van der Waals surface area contributed by atoms with E-state index in [0.717, 1.165) is 24.8 Å². The Labute approximate surface area is 113 Å². The minimum Gasteiger partial charge on any atom is -0.299 e. The maximum Gasteiger partial charge on any atom is 0.147 e. The van der Waals surface area contributed by atoms with Crippen LogP contribution >= 0.6 is 11.6 Å². The number of halogens is 1. The number of fused-ring (bicyclic) bond motifs is 1. The molecule has 0 aliphatic carbocycles. The van der Waals surface area contributed by atoms with Crippen molar-refractivity contribution in [3.63, 3.8) is 0 Å². The van der Waals surface area contributed by atoms with Crippen molar-refractivity contribution in [1.29, 1.82) is 0 Å². The van der Waals surface area contributed by atoms with Gasteiger partial charge in [0.25, 0.3) is 0 Å². The lowest BCUT2D eigenvalue weighted by atomic mass is 10.2. The Balaban J connectivity index is 1.63. The van der Waals surface area contributed by atoms with Crippen LogP contribution in [-0.4, -0.2) is 52.0 Å². The van der Waals surface area contributed by atoms with E-state index >= 15 is 0 Å². The maximum atomic E-state index is 5.76. The van der Waals surface area contributed by atoms with E-state index in [9.17, 15) is 0 Å². The molecule has 5 heteroatoms. The molecular weight excluding hydrogens is 248 g/mol. The van der Waals surface area contributed by atoms with Gasteiger partial charge in [0.15, 0.2) is 0 Å². The topological polar surface area (TPSA) is 32.3 Å². The maximum absolute atomic E-state index is 5.76. The second kappa shape index (κ2) is 5.51. The van der Waals surface area contributed by atoms with Crippen molar-refractivity contribution >= 4 is 11.6 Å². The first-order valence-electron chi connectivity index (χ1n) is 6.74. The van der Waals surface area contributed by atoms with Gasteiger partial charge < -0.3 is 0 Å². The van der Waals surface area contributed by atoms with Crippen LogP contribution < -0.4 is 0 Å². The van der Waals surface area contributed by atoms with E-state index in [0.29, 0.717) is 5.15 Å². The molecule has 18 heavy (non-hydrogen) atoms. The molecule has 98 valence electrons. The average molecular weight is 267 g/mol. The zero-order valence-electron chi connectivity index (χ0n) is 10.6. The predicted molar refractivity (Wildman–Crippen MR) is 71.5 cm³/mol. The van der Waals surface area contributed by atoms with Gasteiger partial charge in [0, 0.05) is 19.1 Å². The lowest BCUT2D eigenvalue weighted by Gasteiger charge is -2.25. The molecule has 1 aromatic heterocycles. The Bertz CT molecular complexity index is 394. The number of aromatic nitrogens is 2. The molecule has 0 aromatic carbocycles. The third-order valence-corrected chi connectivity index (χ3v) is 4.14. The van der Waals surface area contributed by atoms with Crippen LogP contribution in [0.4, 0.5) is 0 Å². The highest BCUT2D eigenvalue weighted by molar-refractivity contribution is 6.29. The Kier molecular flexibility index (Phi) is 3.77. The first-order chi connectivity index (χ1) is 8.81. The first kappa shape index (κ1) is 12.3. The fraction of sp³-hybridized carbons (Fsp3) is 0.692. The fourth-order valence-electron chi connectivity index (χ4n) is 3.08. The van der Waals surface area contributed by atoms with E-state index in [1.54, 1.807) is 12.4 Å². The Hall–Kier alpha value is -0.710. The van der Waals surface area contributed by atoms with Gasteiger partial charge >= 0.3 is 0 Å². The second-order valence-electron chi connectivity index (χ2n) is 5.25. The molecule has 0 bridgehead atoms. The molecule has 3 rings (SSSR count). The van der Waals surface area contributed by atoms with Crippen molar-refractivity contribution in [2.75, 3.05) is 26.2 Å². The molecule has 1 aromatic rings. The van der Waals surface area contributed by atoms with Crippen molar-refractivity contribution < 1.29 is 0 Å². The Morgan fingerprint density at radius 3 is 2.89 bits per heavy atom. The van der Waals surface area contributed by atoms with Crippen LogP contribution in [0.25, 0.3) is 0 Å². The van der Waals surface area contributed by atoms with Crippen LogP contribution in [0.15, 0.2) is 12.4 Å². The monoisotopic (exact) mass is 266 g/mol. The summed E-state index contributed by atoms with van der Waals surface area (Å²) in [5, 5.41) is 0.469. The molecule has 1 unspecified atom stereocenters. The summed E-state index contributed by atoms with van der Waals surface area (Å²) in [6.07, 6.45) is 7.40. The van der Waals surface area contributed by atoms with Crippen LogP contribution in [0, 0.1) is 0 Å². The first-order valence-corrected chi connectivity index (χ1v) is 7.12. The van der Waals surface area contributed by atoms with Gasteiger partial charge in [-0.1, -0.05) is 11.6 Å². The number of hydrogen-bond acceptors (Lipinski definition) is 4. The third-order valence-electron chi connectivity index (χ3n) is 3.95. The van der Waals surface area contributed by atoms with Gasteiger partial charge in [-0.2, -0.15) is 0 Å². The Morgan fingerprint density at radius 2 is 2.06 bits per heavy atom. The lowest BCUT2D eigenvalue weighted by Crippen LogP contribution is -2.36. The standard InChI is InChI=1S/C13H19ClN4/c14-13-8-15-11(7-16-13)9-17-4-2-6-18-5-1-3-12(18)10-17/h7-8,12H,1-6,9-10H2. The molecule has 2 saturated heterocycles. The van der Waals surface area contributed by atoms with E-state index < -0.39 is 0 Å². The summed E-state index contributed by atoms with van der Waals surface area (Å²) in [7, 11) is 0. The predicted octanol–water partition coefficient (Wildman–Crippen LogP) is 1.80. The van der Waals surface area contributed by atoms with Gasteiger partial charge in [-0.15, -0.1) is 0 Å². The van der Waals surface area contributed by atoms with Crippen LogP contribution in [0.5, 0.6) is 0 Å². The van der Waals surface area contributed by atoms with Gasteiger partial charge in [-0.3, -0.25) is 14.8 Å². The van der Waals surface area contributed by atoms with Crippen molar-refractivity contribution in [2.24, 2.45) is 0 Å². The minimum atomic E-state index is 0.469. The summed E-state index contributed by atoms with van der Waals surface area (Å²) in [6, 6.07) is 0.757. The molecule has 0 N–H and O–H groups in total. The summed E-state index contributed by atoms with van der Waals surface area (Å²) < 4.78 is 0. The van der Waals surface area contributed by atoms with E-state index in [4.69, 9.17) is 11.6 Å². The molecule has 2 aliphatic rings. The highest BCUT2D eigenvalue weighted by Gasteiger charge is 2.28. The molecule has 3 heterocycles. The molecule has 0 amide bonds. The third kappa shape index (κ3) is 2.82. The highest BCUT2D eigenvalue weighted by Crippen LogP contribution is 2.21. The zero-order valence-corrected chi connectivity index (χ0v) is 11.3. The molecule has 2 aliphatic heterocycles. The molecule has 0 radical (unpaired) electrons.